The Hall–Kier alpha value is -1.89. The Balaban J connectivity index is 1.85. The van der Waals surface area contributed by atoms with E-state index in [-0.39, 0.29) is 11.2 Å². The van der Waals surface area contributed by atoms with Crippen LogP contribution in [0.4, 0.5) is 0 Å². The average Bonchev–Trinajstić information content (AvgIpc) is 2.99. The maximum absolute atomic E-state index is 11.5. The van der Waals surface area contributed by atoms with Crippen molar-refractivity contribution in [1.82, 2.24) is 19.7 Å². The van der Waals surface area contributed by atoms with Gasteiger partial charge >= 0.3 is 5.97 Å². The van der Waals surface area contributed by atoms with Crippen molar-refractivity contribution in [3.63, 3.8) is 0 Å². The average molecular weight is 276 g/mol. The van der Waals surface area contributed by atoms with Gasteiger partial charge in [-0.25, -0.2) is 0 Å². The highest BCUT2D eigenvalue weighted by Crippen LogP contribution is 2.29. The van der Waals surface area contributed by atoms with E-state index in [9.17, 15) is 4.79 Å². The van der Waals surface area contributed by atoms with Gasteiger partial charge < -0.3 is 9.30 Å². The molecule has 0 aliphatic carbocycles. The lowest BCUT2D eigenvalue weighted by molar-refractivity contribution is -0.137. The van der Waals surface area contributed by atoms with Crippen LogP contribution < -0.4 is 0 Å². The van der Waals surface area contributed by atoms with E-state index < -0.39 is 0 Å². The number of thioether (sulfide) groups is 1. The molecule has 0 N–H and O–H groups in total. The highest BCUT2D eigenvalue weighted by Gasteiger charge is 2.29. The molecule has 2 aromatic heterocycles. The van der Waals surface area contributed by atoms with Crippen molar-refractivity contribution >= 4 is 17.7 Å². The Bertz CT molecular complexity index is 599. The predicted octanol–water partition coefficient (Wildman–Crippen LogP) is 1.28. The van der Waals surface area contributed by atoms with E-state index in [1.165, 1.54) is 11.8 Å². The topological polar surface area (TPSA) is 69.9 Å². The molecule has 0 amide bonds. The second-order valence-corrected chi connectivity index (χ2v) is 5.33. The molecule has 1 atom stereocenters. The molecule has 98 valence electrons. The minimum atomic E-state index is -0.173. The van der Waals surface area contributed by atoms with Gasteiger partial charge in [-0.15, -0.1) is 10.2 Å². The number of pyridine rings is 1. The maximum Gasteiger partial charge on any atom is 0.319 e. The molecular formula is C12H12N4O2S. The van der Waals surface area contributed by atoms with Crippen LogP contribution in [0.15, 0.2) is 29.7 Å². The standard InChI is InChI=1S/C12H12N4O2S/c1-16-10(8-2-5-13-6-3-8)14-15-12(16)19-9-4-7-18-11(9)17/h2-3,5-6,9H,4,7H2,1H3/t9-/m0/s1. The molecular weight excluding hydrogens is 264 g/mol. The van der Waals surface area contributed by atoms with Gasteiger partial charge in [-0.1, -0.05) is 11.8 Å². The van der Waals surface area contributed by atoms with E-state index in [0.29, 0.717) is 6.61 Å². The van der Waals surface area contributed by atoms with Gasteiger partial charge in [0, 0.05) is 31.4 Å². The SMILES string of the molecule is Cn1c(S[C@H]2CCOC2=O)nnc1-c1ccncc1. The van der Waals surface area contributed by atoms with Crippen LogP contribution in [-0.2, 0) is 16.6 Å². The fourth-order valence-electron chi connectivity index (χ4n) is 1.88. The molecule has 3 heterocycles. The van der Waals surface area contributed by atoms with E-state index >= 15 is 0 Å². The quantitative estimate of drug-likeness (QED) is 0.787. The van der Waals surface area contributed by atoms with Gasteiger partial charge in [0.1, 0.15) is 5.25 Å². The summed E-state index contributed by atoms with van der Waals surface area (Å²) in [6, 6.07) is 3.75. The lowest BCUT2D eigenvalue weighted by Crippen LogP contribution is -2.10. The van der Waals surface area contributed by atoms with Crippen molar-refractivity contribution in [2.24, 2.45) is 7.05 Å². The molecule has 0 unspecified atom stereocenters. The number of hydrogen-bond acceptors (Lipinski definition) is 6. The molecule has 19 heavy (non-hydrogen) atoms. The highest BCUT2D eigenvalue weighted by molar-refractivity contribution is 8.00. The van der Waals surface area contributed by atoms with Crippen LogP contribution in [0.2, 0.25) is 0 Å². The van der Waals surface area contributed by atoms with E-state index in [2.05, 4.69) is 15.2 Å². The number of carbonyl (C=O) groups is 1. The van der Waals surface area contributed by atoms with Gasteiger partial charge in [0.15, 0.2) is 11.0 Å². The summed E-state index contributed by atoms with van der Waals surface area (Å²) < 4.78 is 6.82. The molecule has 1 fully saturated rings. The van der Waals surface area contributed by atoms with E-state index in [1.54, 1.807) is 12.4 Å². The third-order valence-corrected chi connectivity index (χ3v) is 4.19. The minimum Gasteiger partial charge on any atom is -0.465 e. The summed E-state index contributed by atoms with van der Waals surface area (Å²) in [5.41, 5.74) is 0.950. The highest BCUT2D eigenvalue weighted by atomic mass is 32.2. The fourth-order valence-corrected chi connectivity index (χ4v) is 2.85. The van der Waals surface area contributed by atoms with E-state index in [4.69, 9.17) is 4.74 Å². The molecule has 1 aliphatic heterocycles. The van der Waals surface area contributed by atoms with Gasteiger partial charge in [0.05, 0.1) is 6.61 Å². The van der Waals surface area contributed by atoms with Crippen LogP contribution in [0.25, 0.3) is 11.4 Å². The molecule has 1 aliphatic rings. The molecule has 1 saturated heterocycles. The van der Waals surface area contributed by atoms with Crippen molar-refractivity contribution in [3.8, 4) is 11.4 Å². The minimum absolute atomic E-state index is 0.168. The fraction of sp³-hybridized carbons (Fsp3) is 0.333. The number of nitrogens with zero attached hydrogens (tertiary/aromatic N) is 4. The summed E-state index contributed by atoms with van der Waals surface area (Å²) in [6.07, 6.45) is 4.15. The number of ether oxygens (including phenoxy) is 1. The molecule has 0 saturated carbocycles. The van der Waals surface area contributed by atoms with Gasteiger partial charge in [0.2, 0.25) is 0 Å². The zero-order chi connectivity index (χ0) is 13.2. The first-order chi connectivity index (χ1) is 9.25. The normalized spacial score (nSPS) is 18.6. The van der Waals surface area contributed by atoms with Crippen LogP contribution in [0, 0.1) is 0 Å². The smallest absolute Gasteiger partial charge is 0.319 e. The lowest BCUT2D eigenvalue weighted by Gasteiger charge is -2.05. The first kappa shape index (κ1) is 12.2. The van der Waals surface area contributed by atoms with Crippen LogP contribution in [0.5, 0.6) is 0 Å². The number of aromatic nitrogens is 4. The van der Waals surface area contributed by atoms with Gasteiger partial charge in [0.25, 0.3) is 0 Å². The molecule has 0 radical (unpaired) electrons. The van der Waals surface area contributed by atoms with Crippen LogP contribution in [0.3, 0.4) is 0 Å². The summed E-state index contributed by atoms with van der Waals surface area (Å²) in [4.78, 5) is 15.4. The first-order valence-electron chi connectivity index (χ1n) is 5.89. The van der Waals surface area contributed by atoms with Crippen molar-refractivity contribution in [3.05, 3.63) is 24.5 Å². The largest absolute Gasteiger partial charge is 0.465 e. The summed E-state index contributed by atoms with van der Waals surface area (Å²) in [7, 11) is 1.89. The summed E-state index contributed by atoms with van der Waals surface area (Å²) in [6.45, 7) is 0.492. The molecule has 3 rings (SSSR count). The number of hydrogen-bond donors (Lipinski definition) is 0. The van der Waals surface area contributed by atoms with Crippen molar-refractivity contribution in [2.45, 2.75) is 16.8 Å². The Labute approximate surface area is 114 Å². The van der Waals surface area contributed by atoms with Crippen molar-refractivity contribution < 1.29 is 9.53 Å². The Morgan fingerprint density at radius 2 is 2.16 bits per heavy atom. The third kappa shape index (κ3) is 2.33. The predicted molar refractivity (Wildman–Crippen MR) is 69.5 cm³/mol. The van der Waals surface area contributed by atoms with Crippen LogP contribution in [0.1, 0.15) is 6.42 Å². The molecule has 0 bridgehead atoms. The number of carbonyl (C=O) groups excluding carboxylic acids is 1. The number of rotatable bonds is 3. The number of cyclic esters (lactones) is 1. The monoisotopic (exact) mass is 276 g/mol. The van der Waals surface area contributed by atoms with Crippen molar-refractivity contribution in [2.75, 3.05) is 6.61 Å². The number of esters is 1. The zero-order valence-electron chi connectivity index (χ0n) is 10.3. The molecule has 6 nitrogen and oxygen atoms in total. The van der Waals surface area contributed by atoms with Crippen molar-refractivity contribution in [1.29, 1.82) is 0 Å². The van der Waals surface area contributed by atoms with Gasteiger partial charge in [-0.05, 0) is 12.1 Å². The molecule has 2 aromatic rings. The summed E-state index contributed by atoms with van der Waals surface area (Å²) in [5.74, 6) is 0.592. The lowest BCUT2D eigenvalue weighted by atomic mass is 10.2. The Morgan fingerprint density at radius 3 is 2.84 bits per heavy atom. The second kappa shape index (κ2) is 5.00. The van der Waals surface area contributed by atoms with Gasteiger partial charge in [-0.2, -0.15) is 0 Å². The first-order valence-corrected chi connectivity index (χ1v) is 6.77. The molecule has 0 spiro atoms. The van der Waals surface area contributed by atoms with E-state index in [0.717, 1.165) is 23.0 Å². The second-order valence-electron chi connectivity index (χ2n) is 4.16. The van der Waals surface area contributed by atoms with Crippen LogP contribution in [-0.4, -0.2) is 37.6 Å². The van der Waals surface area contributed by atoms with E-state index in [1.807, 2.05) is 23.7 Å². The zero-order valence-corrected chi connectivity index (χ0v) is 11.1. The molecule has 7 heteroatoms. The Morgan fingerprint density at radius 1 is 1.37 bits per heavy atom. The Kier molecular flexibility index (Phi) is 3.20. The van der Waals surface area contributed by atoms with Crippen LogP contribution >= 0.6 is 11.8 Å². The third-order valence-electron chi connectivity index (χ3n) is 2.91. The van der Waals surface area contributed by atoms with Gasteiger partial charge in [-0.3, -0.25) is 9.78 Å². The summed E-state index contributed by atoms with van der Waals surface area (Å²) in [5, 5.41) is 8.85. The summed E-state index contributed by atoms with van der Waals surface area (Å²) >= 11 is 1.40. The molecule has 0 aromatic carbocycles. The maximum atomic E-state index is 11.5.